The molecular weight excluding hydrogens is 418 g/mol. The van der Waals surface area contributed by atoms with Crippen LogP contribution in [0.5, 0.6) is 5.75 Å². The van der Waals surface area contributed by atoms with Gasteiger partial charge in [-0.25, -0.2) is 9.59 Å². The smallest absolute Gasteiger partial charge is 0.336 e. The van der Waals surface area contributed by atoms with Crippen LogP contribution in [-0.4, -0.2) is 31.8 Å². The van der Waals surface area contributed by atoms with E-state index in [1.165, 1.54) is 0 Å². The van der Waals surface area contributed by atoms with Gasteiger partial charge in [0, 0.05) is 18.1 Å². The van der Waals surface area contributed by atoms with Crippen LogP contribution in [0.3, 0.4) is 0 Å². The predicted octanol–water partition coefficient (Wildman–Crippen LogP) is 5.20. The molecular formula is C27H31NO5. The van der Waals surface area contributed by atoms with Gasteiger partial charge in [0.2, 0.25) is 0 Å². The fourth-order valence-corrected chi connectivity index (χ4v) is 3.77. The summed E-state index contributed by atoms with van der Waals surface area (Å²) in [5.74, 6) is -0.939. The maximum atomic E-state index is 13.1. The highest BCUT2D eigenvalue weighted by molar-refractivity contribution is 6.00. The number of benzene rings is 2. The summed E-state index contributed by atoms with van der Waals surface area (Å²) in [7, 11) is 0. The molecule has 2 aromatic rings. The van der Waals surface area contributed by atoms with Gasteiger partial charge in [0.25, 0.3) is 0 Å². The molecule has 2 aromatic carbocycles. The number of rotatable bonds is 8. The van der Waals surface area contributed by atoms with Gasteiger partial charge in [-0.3, -0.25) is 0 Å². The standard InChI is InChI=1S/C27H31NO5/c1-6-31-22-11-9-10-20(15-22)25-23(26(29)32-7-2)16-28(17-24(25)27(30)33-8-3)21-13-12-18(4)19(5)14-21/h9-17,25H,6-8H2,1-5H3. The van der Waals surface area contributed by atoms with Crippen LogP contribution >= 0.6 is 0 Å². The van der Waals surface area contributed by atoms with Crippen molar-refractivity contribution in [3.05, 3.63) is 82.7 Å². The number of esters is 2. The van der Waals surface area contributed by atoms with Crippen molar-refractivity contribution in [2.24, 2.45) is 0 Å². The molecule has 6 heteroatoms. The van der Waals surface area contributed by atoms with E-state index in [9.17, 15) is 9.59 Å². The van der Waals surface area contributed by atoms with Crippen LogP contribution in [0.15, 0.2) is 66.0 Å². The third kappa shape index (κ3) is 5.45. The van der Waals surface area contributed by atoms with E-state index in [0.29, 0.717) is 23.5 Å². The summed E-state index contributed by atoms with van der Waals surface area (Å²) in [5, 5.41) is 0. The van der Waals surface area contributed by atoms with Gasteiger partial charge in [0.15, 0.2) is 0 Å². The molecule has 0 spiro atoms. The molecule has 1 aliphatic rings. The highest BCUT2D eigenvalue weighted by Gasteiger charge is 2.36. The fourth-order valence-electron chi connectivity index (χ4n) is 3.77. The second-order valence-corrected chi connectivity index (χ2v) is 7.72. The quantitative estimate of drug-likeness (QED) is 0.516. The maximum absolute atomic E-state index is 13.1. The van der Waals surface area contributed by atoms with Crippen molar-refractivity contribution in [1.82, 2.24) is 0 Å². The number of carbonyl (C=O) groups is 2. The van der Waals surface area contributed by atoms with Crippen molar-refractivity contribution in [1.29, 1.82) is 0 Å². The number of ether oxygens (including phenoxy) is 3. The second kappa shape index (κ2) is 10.9. The Morgan fingerprint density at radius 3 is 2.00 bits per heavy atom. The van der Waals surface area contributed by atoms with E-state index < -0.39 is 17.9 Å². The normalized spacial score (nSPS) is 13.8. The van der Waals surface area contributed by atoms with E-state index in [1.54, 1.807) is 31.1 Å². The fraction of sp³-hybridized carbons (Fsp3) is 0.333. The Hall–Kier alpha value is -3.54. The summed E-state index contributed by atoms with van der Waals surface area (Å²) in [6.45, 7) is 10.4. The van der Waals surface area contributed by atoms with Crippen molar-refractivity contribution in [2.75, 3.05) is 24.7 Å². The van der Waals surface area contributed by atoms with E-state index in [0.717, 1.165) is 22.4 Å². The molecule has 0 amide bonds. The Labute approximate surface area is 195 Å². The number of anilines is 1. The molecule has 0 radical (unpaired) electrons. The Morgan fingerprint density at radius 1 is 0.818 bits per heavy atom. The van der Waals surface area contributed by atoms with Crippen LogP contribution < -0.4 is 9.64 Å². The van der Waals surface area contributed by atoms with Gasteiger partial charge in [-0.15, -0.1) is 0 Å². The summed E-state index contributed by atoms with van der Waals surface area (Å²) in [4.78, 5) is 28.0. The van der Waals surface area contributed by atoms with Crippen molar-refractivity contribution in [3.8, 4) is 5.75 Å². The zero-order valence-corrected chi connectivity index (χ0v) is 19.9. The van der Waals surface area contributed by atoms with Gasteiger partial charge in [-0.2, -0.15) is 0 Å². The SMILES string of the molecule is CCOC(=O)C1=CN(c2ccc(C)c(C)c2)C=C(C(=O)OCC)C1c1cccc(OCC)c1. The molecule has 1 aliphatic heterocycles. The zero-order chi connectivity index (χ0) is 24.0. The lowest BCUT2D eigenvalue weighted by Gasteiger charge is -2.30. The van der Waals surface area contributed by atoms with E-state index in [-0.39, 0.29) is 13.2 Å². The number of hydrogen-bond acceptors (Lipinski definition) is 6. The topological polar surface area (TPSA) is 65.1 Å². The van der Waals surface area contributed by atoms with Gasteiger partial charge >= 0.3 is 11.9 Å². The summed E-state index contributed by atoms with van der Waals surface area (Å²) in [6.07, 6.45) is 3.48. The molecule has 33 heavy (non-hydrogen) atoms. The summed E-state index contributed by atoms with van der Waals surface area (Å²) < 4.78 is 16.4. The molecule has 0 N–H and O–H groups in total. The first kappa shape index (κ1) is 24.1. The van der Waals surface area contributed by atoms with Gasteiger partial charge in [-0.05, 0) is 75.6 Å². The number of aryl methyl sites for hydroxylation is 2. The minimum absolute atomic E-state index is 0.226. The largest absolute Gasteiger partial charge is 0.494 e. The molecule has 1 heterocycles. The van der Waals surface area contributed by atoms with Gasteiger partial charge in [0.05, 0.1) is 36.9 Å². The molecule has 0 bridgehead atoms. The minimum Gasteiger partial charge on any atom is -0.494 e. The van der Waals surface area contributed by atoms with Gasteiger partial charge in [0.1, 0.15) is 5.75 Å². The summed E-state index contributed by atoms with van der Waals surface area (Å²) in [6, 6.07) is 13.4. The van der Waals surface area contributed by atoms with Crippen LogP contribution in [0.1, 0.15) is 43.4 Å². The van der Waals surface area contributed by atoms with Crippen LogP contribution in [0, 0.1) is 13.8 Å². The Morgan fingerprint density at radius 2 is 1.45 bits per heavy atom. The van der Waals surface area contributed by atoms with E-state index in [4.69, 9.17) is 14.2 Å². The second-order valence-electron chi connectivity index (χ2n) is 7.72. The van der Waals surface area contributed by atoms with Crippen molar-refractivity contribution < 1.29 is 23.8 Å². The molecule has 6 nitrogen and oxygen atoms in total. The van der Waals surface area contributed by atoms with Crippen molar-refractivity contribution in [3.63, 3.8) is 0 Å². The Balaban J connectivity index is 2.18. The molecule has 3 rings (SSSR count). The highest BCUT2D eigenvalue weighted by atomic mass is 16.5. The average molecular weight is 450 g/mol. The summed E-state index contributed by atoms with van der Waals surface area (Å²) in [5.41, 5.74) is 4.56. The minimum atomic E-state index is -0.647. The average Bonchev–Trinajstić information content (AvgIpc) is 2.80. The first-order valence-electron chi connectivity index (χ1n) is 11.3. The first-order chi connectivity index (χ1) is 15.9. The Bertz CT molecular complexity index is 1050. The molecule has 0 fully saturated rings. The van der Waals surface area contributed by atoms with Crippen LogP contribution in [-0.2, 0) is 19.1 Å². The number of hydrogen-bond donors (Lipinski definition) is 0. The van der Waals surface area contributed by atoms with E-state index in [1.807, 2.05) is 63.2 Å². The lowest BCUT2D eigenvalue weighted by atomic mass is 9.83. The molecule has 174 valence electrons. The van der Waals surface area contributed by atoms with E-state index >= 15 is 0 Å². The number of carbonyl (C=O) groups excluding carboxylic acids is 2. The van der Waals surface area contributed by atoms with Crippen molar-refractivity contribution in [2.45, 2.75) is 40.5 Å². The third-order valence-corrected chi connectivity index (χ3v) is 5.49. The Kier molecular flexibility index (Phi) is 7.93. The molecule has 0 aromatic heterocycles. The van der Waals surface area contributed by atoms with Crippen LogP contribution in [0.25, 0.3) is 0 Å². The van der Waals surface area contributed by atoms with Crippen molar-refractivity contribution >= 4 is 17.6 Å². The highest BCUT2D eigenvalue weighted by Crippen LogP contribution is 2.39. The molecule has 0 unspecified atom stereocenters. The molecule has 0 saturated carbocycles. The zero-order valence-electron chi connectivity index (χ0n) is 19.9. The first-order valence-corrected chi connectivity index (χ1v) is 11.3. The predicted molar refractivity (Wildman–Crippen MR) is 128 cm³/mol. The van der Waals surface area contributed by atoms with Crippen LogP contribution in [0.4, 0.5) is 5.69 Å². The van der Waals surface area contributed by atoms with Gasteiger partial charge in [-0.1, -0.05) is 18.2 Å². The monoisotopic (exact) mass is 449 g/mol. The molecule has 0 atom stereocenters. The summed E-state index contributed by atoms with van der Waals surface area (Å²) >= 11 is 0. The number of nitrogens with zero attached hydrogens (tertiary/aromatic N) is 1. The lowest BCUT2D eigenvalue weighted by Crippen LogP contribution is -2.29. The third-order valence-electron chi connectivity index (χ3n) is 5.49. The maximum Gasteiger partial charge on any atom is 0.336 e. The van der Waals surface area contributed by atoms with Crippen LogP contribution in [0.2, 0.25) is 0 Å². The van der Waals surface area contributed by atoms with E-state index in [2.05, 4.69) is 0 Å². The lowest BCUT2D eigenvalue weighted by molar-refractivity contribution is -0.139. The molecule has 0 aliphatic carbocycles. The molecule has 0 saturated heterocycles. The van der Waals surface area contributed by atoms with Gasteiger partial charge < -0.3 is 19.1 Å².